The normalized spacial score (nSPS) is 11.1. The number of anilines is 2. The second-order valence-corrected chi connectivity index (χ2v) is 7.62. The molecule has 33 heavy (non-hydrogen) atoms. The van der Waals surface area contributed by atoms with E-state index in [1.807, 2.05) is 42.5 Å². The monoisotopic (exact) mass is 444 g/mol. The van der Waals surface area contributed by atoms with Crippen molar-refractivity contribution >= 4 is 28.7 Å². The van der Waals surface area contributed by atoms with Gasteiger partial charge in [-0.05, 0) is 42.9 Å². The minimum atomic E-state index is -0.0812. The molecule has 4 aromatic rings. The summed E-state index contributed by atoms with van der Waals surface area (Å²) in [6, 6.07) is 17.3. The van der Waals surface area contributed by atoms with E-state index < -0.39 is 0 Å². The van der Waals surface area contributed by atoms with Crippen LogP contribution >= 0.6 is 0 Å². The molecule has 2 N–H and O–H groups in total. The molecule has 0 radical (unpaired) electrons. The van der Waals surface area contributed by atoms with Crippen molar-refractivity contribution in [3.05, 3.63) is 71.9 Å². The fourth-order valence-electron chi connectivity index (χ4n) is 3.50. The quantitative estimate of drug-likeness (QED) is 0.388. The molecule has 2 aromatic heterocycles. The zero-order valence-electron chi connectivity index (χ0n) is 18.9. The standard InChI is InChI=1S/C24H28N8O/c1-3-31(4-2)15-14-25-23(33)19-10-12-20(13-11-19)27-24-26-16-21-22(28-24)32(30-29-21)17-18-8-6-5-7-9-18/h5-13,16H,3-4,14-15,17H2,1-2H3,(H,25,33)(H,26,27,28). The highest BCUT2D eigenvalue weighted by Crippen LogP contribution is 2.17. The maximum atomic E-state index is 12.4. The Labute approximate surface area is 192 Å². The summed E-state index contributed by atoms with van der Waals surface area (Å²) >= 11 is 0. The second kappa shape index (κ2) is 10.6. The molecule has 1 amide bonds. The summed E-state index contributed by atoms with van der Waals surface area (Å²) in [6.45, 7) is 8.23. The van der Waals surface area contributed by atoms with Gasteiger partial charge in [-0.3, -0.25) is 4.79 Å². The van der Waals surface area contributed by atoms with Crippen molar-refractivity contribution < 1.29 is 4.79 Å². The molecule has 4 rings (SSSR count). The summed E-state index contributed by atoms with van der Waals surface area (Å²) < 4.78 is 1.75. The number of carbonyl (C=O) groups excluding carboxylic acids is 1. The van der Waals surface area contributed by atoms with Crippen LogP contribution in [0.3, 0.4) is 0 Å². The average Bonchev–Trinajstić information content (AvgIpc) is 3.25. The fourth-order valence-corrected chi connectivity index (χ4v) is 3.50. The molecule has 0 saturated heterocycles. The van der Waals surface area contributed by atoms with E-state index in [9.17, 15) is 4.79 Å². The Morgan fingerprint density at radius 2 is 1.79 bits per heavy atom. The third-order valence-corrected chi connectivity index (χ3v) is 5.44. The minimum absolute atomic E-state index is 0.0812. The largest absolute Gasteiger partial charge is 0.351 e. The second-order valence-electron chi connectivity index (χ2n) is 7.62. The fraction of sp³-hybridized carbons (Fsp3) is 0.292. The number of aromatic nitrogens is 5. The Balaban J connectivity index is 1.40. The maximum Gasteiger partial charge on any atom is 0.251 e. The Morgan fingerprint density at radius 1 is 1.03 bits per heavy atom. The number of nitrogens with zero attached hydrogens (tertiary/aromatic N) is 6. The van der Waals surface area contributed by atoms with Crippen LogP contribution in [0.15, 0.2) is 60.8 Å². The van der Waals surface area contributed by atoms with Gasteiger partial charge >= 0.3 is 0 Å². The Hall–Kier alpha value is -3.85. The summed E-state index contributed by atoms with van der Waals surface area (Å²) in [4.78, 5) is 23.6. The number of hydrogen-bond acceptors (Lipinski definition) is 7. The molecule has 2 heterocycles. The van der Waals surface area contributed by atoms with Gasteiger partial charge in [0, 0.05) is 24.3 Å². The predicted octanol–water partition coefficient (Wildman–Crippen LogP) is 3.08. The number of rotatable bonds is 10. The van der Waals surface area contributed by atoms with Gasteiger partial charge in [-0.25, -0.2) is 9.67 Å². The molecule has 2 aromatic carbocycles. The van der Waals surface area contributed by atoms with Gasteiger partial charge in [0.25, 0.3) is 5.91 Å². The SMILES string of the molecule is CCN(CC)CCNC(=O)c1ccc(Nc2ncc3nnn(Cc4ccccc4)c3n2)cc1. The first-order valence-corrected chi connectivity index (χ1v) is 11.1. The molecular formula is C24H28N8O. The van der Waals surface area contributed by atoms with Gasteiger partial charge in [0.2, 0.25) is 5.95 Å². The molecule has 0 aliphatic carbocycles. The summed E-state index contributed by atoms with van der Waals surface area (Å²) in [5.74, 6) is 0.359. The van der Waals surface area contributed by atoms with Crippen LogP contribution < -0.4 is 10.6 Å². The molecule has 0 spiro atoms. The lowest BCUT2D eigenvalue weighted by Crippen LogP contribution is -2.34. The molecular weight excluding hydrogens is 416 g/mol. The molecule has 0 atom stereocenters. The third-order valence-electron chi connectivity index (χ3n) is 5.44. The number of benzene rings is 2. The van der Waals surface area contributed by atoms with Crippen LogP contribution in [-0.4, -0.2) is 61.9 Å². The molecule has 9 nitrogen and oxygen atoms in total. The number of amides is 1. The van der Waals surface area contributed by atoms with Crippen LogP contribution in [0.1, 0.15) is 29.8 Å². The highest BCUT2D eigenvalue weighted by atomic mass is 16.1. The summed E-state index contributed by atoms with van der Waals surface area (Å²) in [6.07, 6.45) is 1.65. The lowest BCUT2D eigenvalue weighted by atomic mass is 10.2. The van der Waals surface area contributed by atoms with Gasteiger partial charge in [-0.1, -0.05) is 49.4 Å². The van der Waals surface area contributed by atoms with Gasteiger partial charge in [-0.15, -0.1) is 5.10 Å². The van der Waals surface area contributed by atoms with Crippen molar-refractivity contribution in [1.82, 2.24) is 35.2 Å². The first-order chi connectivity index (χ1) is 16.2. The van der Waals surface area contributed by atoms with Crippen LogP contribution in [0, 0.1) is 0 Å². The van der Waals surface area contributed by atoms with E-state index >= 15 is 0 Å². The van der Waals surface area contributed by atoms with Gasteiger partial charge < -0.3 is 15.5 Å². The van der Waals surface area contributed by atoms with E-state index in [4.69, 9.17) is 0 Å². The number of fused-ring (bicyclic) bond motifs is 1. The van der Waals surface area contributed by atoms with Crippen molar-refractivity contribution in [3.63, 3.8) is 0 Å². The van der Waals surface area contributed by atoms with E-state index in [1.54, 1.807) is 23.0 Å². The van der Waals surface area contributed by atoms with E-state index in [-0.39, 0.29) is 5.91 Å². The Kier molecular flexibility index (Phi) is 7.21. The van der Waals surface area contributed by atoms with E-state index in [0.717, 1.165) is 30.9 Å². The number of hydrogen-bond donors (Lipinski definition) is 2. The lowest BCUT2D eigenvalue weighted by molar-refractivity contribution is 0.0949. The van der Waals surface area contributed by atoms with E-state index in [0.29, 0.717) is 35.8 Å². The Bertz CT molecular complexity index is 1190. The zero-order valence-corrected chi connectivity index (χ0v) is 18.9. The lowest BCUT2D eigenvalue weighted by Gasteiger charge is -2.17. The minimum Gasteiger partial charge on any atom is -0.351 e. The van der Waals surface area contributed by atoms with Crippen LogP contribution in [0.5, 0.6) is 0 Å². The molecule has 9 heteroatoms. The topological polar surface area (TPSA) is 101 Å². The summed E-state index contributed by atoms with van der Waals surface area (Å²) in [7, 11) is 0. The smallest absolute Gasteiger partial charge is 0.251 e. The van der Waals surface area contributed by atoms with Crippen molar-refractivity contribution in [1.29, 1.82) is 0 Å². The van der Waals surface area contributed by atoms with Crippen LogP contribution in [0.25, 0.3) is 11.2 Å². The van der Waals surface area contributed by atoms with Gasteiger partial charge in [0.1, 0.15) is 0 Å². The van der Waals surface area contributed by atoms with Gasteiger partial charge in [0.15, 0.2) is 11.2 Å². The molecule has 0 unspecified atom stereocenters. The van der Waals surface area contributed by atoms with Crippen molar-refractivity contribution in [3.8, 4) is 0 Å². The first kappa shape index (κ1) is 22.3. The highest BCUT2D eigenvalue weighted by Gasteiger charge is 2.10. The molecule has 170 valence electrons. The van der Waals surface area contributed by atoms with Crippen molar-refractivity contribution in [2.24, 2.45) is 0 Å². The molecule has 0 fully saturated rings. The summed E-state index contributed by atoms with van der Waals surface area (Å²) in [5, 5.41) is 14.5. The van der Waals surface area contributed by atoms with Gasteiger partial charge in [-0.2, -0.15) is 4.98 Å². The number of nitrogens with one attached hydrogen (secondary N) is 2. The van der Waals surface area contributed by atoms with Crippen molar-refractivity contribution in [2.45, 2.75) is 20.4 Å². The summed E-state index contributed by atoms with van der Waals surface area (Å²) in [5.41, 5.74) is 3.80. The number of carbonyl (C=O) groups is 1. The molecule has 0 aliphatic rings. The van der Waals surface area contributed by atoms with E-state index in [2.05, 4.69) is 49.7 Å². The van der Waals surface area contributed by atoms with Crippen LogP contribution in [-0.2, 0) is 6.54 Å². The highest BCUT2D eigenvalue weighted by molar-refractivity contribution is 5.94. The number of likely N-dealkylation sites (N-methyl/N-ethyl adjacent to an activating group) is 1. The average molecular weight is 445 g/mol. The first-order valence-electron chi connectivity index (χ1n) is 11.1. The zero-order chi connectivity index (χ0) is 23.0. The molecule has 0 bridgehead atoms. The van der Waals surface area contributed by atoms with Crippen LogP contribution in [0.2, 0.25) is 0 Å². The predicted molar refractivity (Wildman–Crippen MR) is 129 cm³/mol. The van der Waals surface area contributed by atoms with E-state index in [1.165, 1.54) is 0 Å². The van der Waals surface area contributed by atoms with Crippen molar-refractivity contribution in [2.75, 3.05) is 31.5 Å². The Morgan fingerprint density at radius 3 is 2.52 bits per heavy atom. The molecule has 0 aliphatic heterocycles. The third kappa shape index (κ3) is 5.69. The maximum absolute atomic E-state index is 12.4. The molecule has 0 saturated carbocycles. The van der Waals surface area contributed by atoms with Gasteiger partial charge in [0.05, 0.1) is 12.7 Å². The van der Waals surface area contributed by atoms with Crippen LogP contribution in [0.4, 0.5) is 11.6 Å².